The highest BCUT2D eigenvalue weighted by molar-refractivity contribution is 5.56. The highest BCUT2D eigenvalue weighted by Crippen LogP contribution is 2.29. The van der Waals surface area contributed by atoms with Crippen molar-refractivity contribution in [1.82, 2.24) is 5.32 Å². The summed E-state index contributed by atoms with van der Waals surface area (Å²) in [5.74, 6) is 0. The fourth-order valence-corrected chi connectivity index (χ4v) is 2.88. The van der Waals surface area contributed by atoms with Gasteiger partial charge in [-0.25, -0.2) is 0 Å². The lowest BCUT2D eigenvalue weighted by atomic mass is 10.1. The molecule has 1 fully saturated rings. The third-order valence-electron chi connectivity index (χ3n) is 3.93. The van der Waals surface area contributed by atoms with E-state index in [0.717, 1.165) is 39.1 Å². The summed E-state index contributed by atoms with van der Waals surface area (Å²) >= 11 is 0. The third kappa shape index (κ3) is 3.72. The second-order valence-electron chi connectivity index (χ2n) is 5.47. The Bertz CT molecular complexity index is 423. The Morgan fingerprint density at radius 3 is 3.05 bits per heavy atom. The number of benzene rings is 1. The smallest absolute Gasteiger partial charge is 0.0635 e. The zero-order valence-electron chi connectivity index (χ0n) is 12.6. The van der Waals surface area contributed by atoms with E-state index in [2.05, 4.69) is 35.3 Å². The number of aryl methyl sites for hydroxylation is 1. The third-order valence-corrected chi connectivity index (χ3v) is 3.93. The summed E-state index contributed by atoms with van der Waals surface area (Å²) in [6.07, 6.45) is 2.25. The molecule has 1 aliphatic rings. The summed E-state index contributed by atoms with van der Waals surface area (Å²) in [5, 5.41) is 12.9. The maximum atomic E-state index is 9.52. The molecule has 2 N–H and O–H groups in total. The van der Waals surface area contributed by atoms with Gasteiger partial charge >= 0.3 is 0 Å². The quantitative estimate of drug-likeness (QED) is 0.745. The number of rotatable bonds is 7. The van der Waals surface area contributed by atoms with Crippen LogP contribution in [0.25, 0.3) is 0 Å². The van der Waals surface area contributed by atoms with Gasteiger partial charge < -0.3 is 20.1 Å². The Labute approximate surface area is 121 Å². The predicted octanol–water partition coefficient (Wildman–Crippen LogP) is 1.69. The molecule has 1 aromatic carbocycles. The Balaban J connectivity index is 2.10. The molecule has 0 radical (unpaired) electrons. The van der Waals surface area contributed by atoms with Gasteiger partial charge in [-0.3, -0.25) is 0 Å². The summed E-state index contributed by atoms with van der Waals surface area (Å²) in [6.45, 7) is 5.83. The van der Waals surface area contributed by atoms with E-state index in [1.54, 1.807) is 7.11 Å². The van der Waals surface area contributed by atoms with Crippen LogP contribution in [0.5, 0.6) is 0 Å². The van der Waals surface area contributed by atoms with Crippen molar-refractivity contribution in [2.45, 2.75) is 32.4 Å². The van der Waals surface area contributed by atoms with Crippen molar-refractivity contribution in [2.24, 2.45) is 0 Å². The van der Waals surface area contributed by atoms with Crippen molar-refractivity contribution in [3.05, 3.63) is 29.3 Å². The number of methoxy groups -OCH3 is 1. The standard InChI is InChI=1S/C16H26N2O2/c1-13-5-6-16(18-8-3-4-15(18)12-19)14(10-13)11-17-7-9-20-2/h5-6,10,15,17,19H,3-4,7-9,11-12H2,1-2H3. The van der Waals surface area contributed by atoms with Gasteiger partial charge in [0.25, 0.3) is 0 Å². The molecule has 1 aromatic rings. The Morgan fingerprint density at radius 2 is 2.30 bits per heavy atom. The second-order valence-corrected chi connectivity index (χ2v) is 5.47. The maximum Gasteiger partial charge on any atom is 0.0635 e. The summed E-state index contributed by atoms with van der Waals surface area (Å²) in [4.78, 5) is 2.35. The molecule has 0 aromatic heterocycles. The number of nitrogens with zero attached hydrogens (tertiary/aromatic N) is 1. The van der Waals surface area contributed by atoms with Gasteiger partial charge in [-0.15, -0.1) is 0 Å². The minimum Gasteiger partial charge on any atom is -0.394 e. The van der Waals surface area contributed by atoms with Crippen molar-refractivity contribution >= 4 is 5.69 Å². The number of aliphatic hydroxyl groups is 1. The Hall–Kier alpha value is -1.10. The number of hydrogen-bond donors (Lipinski definition) is 2. The van der Waals surface area contributed by atoms with Crippen LogP contribution in [0.2, 0.25) is 0 Å². The molecule has 4 heteroatoms. The lowest BCUT2D eigenvalue weighted by Crippen LogP contribution is -2.33. The highest BCUT2D eigenvalue weighted by Gasteiger charge is 2.25. The number of anilines is 1. The molecule has 1 atom stereocenters. The number of aliphatic hydroxyl groups excluding tert-OH is 1. The normalized spacial score (nSPS) is 18.8. The molecule has 0 bridgehead atoms. The van der Waals surface area contributed by atoms with Crippen molar-refractivity contribution in [1.29, 1.82) is 0 Å². The molecule has 1 saturated heterocycles. The zero-order valence-corrected chi connectivity index (χ0v) is 12.6. The van der Waals surface area contributed by atoms with E-state index in [0.29, 0.717) is 0 Å². The van der Waals surface area contributed by atoms with E-state index < -0.39 is 0 Å². The van der Waals surface area contributed by atoms with Gasteiger partial charge in [0.15, 0.2) is 0 Å². The van der Waals surface area contributed by atoms with Gasteiger partial charge in [0.05, 0.1) is 19.3 Å². The van der Waals surface area contributed by atoms with Crippen LogP contribution in [0.3, 0.4) is 0 Å². The van der Waals surface area contributed by atoms with Gasteiger partial charge in [-0.2, -0.15) is 0 Å². The monoisotopic (exact) mass is 278 g/mol. The molecule has 4 nitrogen and oxygen atoms in total. The molecule has 0 saturated carbocycles. The van der Waals surface area contributed by atoms with Gasteiger partial charge in [0.2, 0.25) is 0 Å². The van der Waals surface area contributed by atoms with Crippen LogP contribution in [0.15, 0.2) is 18.2 Å². The molecule has 2 rings (SSSR count). The molecular weight excluding hydrogens is 252 g/mol. The first kappa shape index (κ1) is 15.3. The summed E-state index contributed by atoms with van der Waals surface area (Å²) in [5.41, 5.74) is 3.84. The maximum absolute atomic E-state index is 9.52. The van der Waals surface area contributed by atoms with Crippen LogP contribution >= 0.6 is 0 Å². The molecule has 1 heterocycles. The fraction of sp³-hybridized carbons (Fsp3) is 0.625. The lowest BCUT2D eigenvalue weighted by molar-refractivity contribution is 0.199. The average molecular weight is 278 g/mol. The van der Waals surface area contributed by atoms with Crippen LogP contribution in [-0.4, -0.2) is 44.6 Å². The first-order chi connectivity index (χ1) is 9.76. The molecule has 1 aliphatic heterocycles. The molecule has 1 unspecified atom stereocenters. The predicted molar refractivity (Wildman–Crippen MR) is 82.2 cm³/mol. The van der Waals surface area contributed by atoms with Crippen LogP contribution in [0.4, 0.5) is 5.69 Å². The van der Waals surface area contributed by atoms with Gasteiger partial charge in [0, 0.05) is 32.4 Å². The van der Waals surface area contributed by atoms with Crippen LogP contribution in [0.1, 0.15) is 24.0 Å². The van der Waals surface area contributed by atoms with Crippen molar-refractivity contribution in [3.8, 4) is 0 Å². The summed E-state index contributed by atoms with van der Waals surface area (Å²) in [6, 6.07) is 6.86. The van der Waals surface area contributed by atoms with Gasteiger partial charge in [-0.05, 0) is 31.4 Å². The SMILES string of the molecule is COCCNCc1cc(C)ccc1N1CCCC1CO. The lowest BCUT2D eigenvalue weighted by Gasteiger charge is -2.28. The molecule has 112 valence electrons. The van der Waals surface area contributed by atoms with Crippen molar-refractivity contribution in [2.75, 3.05) is 38.3 Å². The van der Waals surface area contributed by atoms with E-state index in [1.165, 1.54) is 16.8 Å². The summed E-state index contributed by atoms with van der Waals surface area (Å²) in [7, 11) is 1.72. The largest absolute Gasteiger partial charge is 0.394 e. The Morgan fingerprint density at radius 1 is 1.45 bits per heavy atom. The van der Waals surface area contributed by atoms with E-state index in [4.69, 9.17) is 4.74 Å². The first-order valence-electron chi connectivity index (χ1n) is 7.43. The average Bonchev–Trinajstić information content (AvgIpc) is 2.92. The molecule has 0 aliphatic carbocycles. The Kier molecular flexibility index (Phi) is 5.83. The molecule has 0 spiro atoms. The second kappa shape index (κ2) is 7.62. The van der Waals surface area contributed by atoms with Crippen LogP contribution < -0.4 is 10.2 Å². The van der Waals surface area contributed by atoms with Gasteiger partial charge in [0.1, 0.15) is 0 Å². The van der Waals surface area contributed by atoms with Gasteiger partial charge in [-0.1, -0.05) is 17.7 Å². The van der Waals surface area contributed by atoms with E-state index in [-0.39, 0.29) is 12.6 Å². The minimum absolute atomic E-state index is 0.240. The molecule has 20 heavy (non-hydrogen) atoms. The van der Waals surface area contributed by atoms with E-state index in [9.17, 15) is 5.11 Å². The van der Waals surface area contributed by atoms with E-state index >= 15 is 0 Å². The summed E-state index contributed by atoms with van der Waals surface area (Å²) < 4.78 is 5.06. The number of hydrogen-bond acceptors (Lipinski definition) is 4. The zero-order chi connectivity index (χ0) is 14.4. The fourth-order valence-electron chi connectivity index (χ4n) is 2.88. The topological polar surface area (TPSA) is 44.7 Å². The van der Waals surface area contributed by atoms with Crippen molar-refractivity contribution in [3.63, 3.8) is 0 Å². The first-order valence-corrected chi connectivity index (χ1v) is 7.43. The van der Waals surface area contributed by atoms with Crippen molar-refractivity contribution < 1.29 is 9.84 Å². The van der Waals surface area contributed by atoms with E-state index in [1.807, 2.05) is 0 Å². The van der Waals surface area contributed by atoms with Crippen LogP contribution in [0, 0.1) is 6.92 Å². The highest BCUT2D eigenvalue weighted by atomic mass is 16.5. The molecular formula is C16H26N2O2. The minimum atomic E-state index is 0.240. The number of nitrogens with one attached hydrogen (secondary N) is 1. The number of ether oxygens (including phenoxy) is 1. The molecule has 0 amide bonds. The van der Waals surface area contributed by atoms with Crippen LogP contribution in [-0.2, 0) is 11.3 Å².